The van der Waals surface area contributed by atoms with Gasteiger partial charge < -0.3 is 20.4 Å². The van der Waals surface area contributed by atoms with Crippen molar-refractivity contribution in [2.24, 2.45) is 0 Å². The third kappa shape index (κ3) is 5.34. The number of amides is 1. The number of thioether (sulfide) groups is 1. The van der Waals surface area contributed by atoms with Crippen LogP contribution in [-0.4, -0.2) is 51.4 Å². The molecular weight excluding hydrogens is 456 g/mol. The molecule has 2 aromatic heterocycles. The van der Waals surface area contributed by atoms with Crippen LogP contribution in [-0.2, 0) is 16.1 Å². The van der Waals surface area contributed by atoms with Gasteiger partial charge in [-0.3, -0.25) is 19.1 Å². The number of aromatic nitrogens is 4. The van der Waals surface area contributed by atoms with E-state index in [-0.39, 0.29) is 36.3 Å². The highest BCUT2D eigenvalue weighted by Gasteiger charge is 2.24. The number of nitrogens with zero attached hydrogens (tertiary/aromatic N) is 3. The molecule has 1 amide bonds. The normalized spacial score (nSPS) is 11.2. The molecule has 0 unspecified atom stereocenters. The molecule has 12 heteroatoms. The van der Waals surface area contributed by atoms with Crippen molar-refractivity contribution in [2.75, 3.05) is 36.6 Å². The second kappa shape index (κ2) is 10.7. The number of aromatic amines is 2. The summed E-state index contributed by atoms with van der Waals surface area (Å²) in [5.74, 6) is -0.423. The number of H-pyrrole nitrogens is 2. The van der Waals surface area contributed by atoms with Crippen molar-refractivity contribution in [1.29, 1.82) is 0 Å². The monoisotopic (exact) mass is 480 g/mol. The first-order valence-corrected chi connectivity index (χ1v) is 11.4. The summed E-state index contributed by atoms with van der Waals surface area (Å²) in [5.41, 5.74) is 6.29. The third-order valence-corrected chi connectivity index (χ3v) is 5.89. The molecule has 1 aromatic carbocycles. The van der Waals surface area contributed by atoms with E-state index < -0.39 is 11.2 Å². The standard InChI is InChI=1S/C20H25ClN6O4S/c1-3-4-7-27-17(22)16(18(29)25-20(27)30)26(8-9-31-2)15(28)11-32-19-23-13-6-5-12(21)10-14(13)24-19/h5-6,10H,3-4,7-9,11,22H2,1-2H3,(H,23,24)(H,25,29,30). The van der Waals surface area contributed by atoms with Crippen LogP contribution in [0.25, 0.3) is 11.0 Å². The molecule has 0 aliphatic rings. The van der Waals surface area contributed by atoms with Crippen LogP contribution in [0.1, 0.15) is 19.8 Å². The molecule has 0 atom stereocenters. The van der Waals surface area contributed by atoms with Crippen molar-refractivity contribution in [3.05, 3.63) is 44.1 Å². The van der Waals surface area contributed by atoms with Crippen LogP contribution in [0, 0.1) is 0 Å². The van der Waals surface area contributed by atoms with Gasteiger partial charge in [0.25, 0.3) is 5.56 Å². The quantitative estimate of drug-likeness (QED) is 0.378. The number of anilines is 2. The second-order valence-electron chi connectivity index (χ2n) is 7.03. The van der Waals surface area contributed by atoms with E-state index in [1.807, 2.05) is 6.92 Å². The lowest BCUT2D eigenvalue weighted by molar-refractivity contribution is -0.116. The fraction of sp³-hybridized carbons (Fsp3) is 0.400. The predicted molar refractivity (Wildman–Crippen MR) is 127 cm³/mol. The SMILES string of the molecule is CCCCn1c(N)c(N(CCOC)C(=O)CSc2nc3ccc(Cl)cc3[nH]2)c(=O)[nH]c1=O. The largest absolute Gasteiger partial charge is 0.383 e. The van der Waals surface area contributed by atoms with E-state index >= 15 is 0 Å². The first-order valence-electron chi connectivity index (χ1n) is 10.1. The van der Waals surface area contributed by atoms with Crippen LogP contribution in [0.4, 0.5) is 11.5 Å². The minimum Gasteiger partial charge on any atom is -0.383 e. The lowest BCUT2D eigenvalue weighted by Crippen LogP contribution is -2.43. The Balaban J connectivity index is 1.87. The molecule has 32 heavy (non-hydrogen) atoms. The van der Waals surface area contributed by atoms with Crippen molar-refractivity contribution >= 4 is 51.8 Å². The zero-order chi connectivity index (χ0) is 23.3. The van der Waals surface area contributed by atoms with Gasteiger partial charge in [0.05, 0.1) is 23.4 Å². The lowest BCUT2D eigenvalue weighted by atomic mass is 10.3. The smallest absolute Gasteiger partial charge is 0.330 e. The summed E-state index contributed by atoms with van der Waals surface area (Å²) < 4.78 is 6.38. The molecule has 0 aliphatic carbocycles. The van der Waals surface area contributed by atoms with Gasteiger partial charge in [0, 0.05) is 25.2 Å². The number of halogens is 1. The number of imidazole rings is 1. The van der Waals surface area contributed by atoms with Crippen LogP contribution in [0.15, 0.2) is 32.9 Å². The summed E-state index contributed by atoms with van der Waals surface area (Å²) in [6.45, 7) is 2.61. The lowest BCUT2D eigenvalue weighted by Gasteiger charge is -2.24. The Labute approximate surface area is 193 Å². The molecule has 0 radical (unpaired) electrons. The van der Waals surface area contributed by atoms with Gasteiger partial charge in [-0.05, 0) is 24.6 Å². The Hall–Kier alpha value is -2.76. The van der Waals surface area contributed by atoms with E-state index in [9.17, 15) is 14.4 Å². The van der Waals surface area contributed by atoms with Gasteiger partial charge in [-0.2, -0.15) is 0 Å². The van der Waals surface area contributed by atoms with Gasteiger partial charge in [0.1, 0.15) is 5.82 Å². The zero-order valence-electron chi connectivity index (χ0n) is 17.8. The Kier molecular flexibility index (Phi) is 7.99. The predicted octanol–water partition coefficient (Wildman–Crippen LogP) is 2.22. The summed E-state index contributed by atoms with van der Waals surface area (Å²) in [6.07, 6.45) is 1.54. The molecule has 0 saturated heterocycles. The fourth-order valence-electron chi connectivity index (χ4n) is 3.16. The number of nitrogens with two attached hydrogens (primary N) is 1. The maximum absolute atomic E-state index is 13.1. The van der Waals surface area contributed by atoms with Crippen LogP contribution in [0.3, 0.4) is 0 Å². The molecule has 3 rings (SSSR count). The number of benzene rings is 1. The molecule has 10 nitrogen and oxygen atoms in total. The molecule has 4 N–H and O–H groups in total. The number of carbonyl (C=O) groups excluding carboxylic acids is 1. The van der Waals surface area contributed by atoms with Crippen LogP contribution in [0.2, 0.25) is 5.02 Å². The number of unbranched alkanes of at least 4 members (excludes halogenated alkanes) is 1. The Morgan fingerprint density at radius 3 is 2.84 bits per heavy atom. The number of nitrogen functional groups attached to an aromatic ring is 1. The van der Waals surface area contributed by atoms with Gasteiger partial charge in [-0.25, -0.2) is 9.78 Å². The van der Waals surface area contributed by atoms with E-state index in [0.29, 0.717) is 23.1 Å². The van der Waals surface area contributed by atoms with Crippen molar-refractivity contribution in [3.8, 4) is 0 Å². The number of fused-ring (bicyclic) bond motifs is 1. The Bertz CT molecular complexity index is 1220. The average molecular weight is 481 g/mol. The van der Waals surface area contributed by atoms with E-state index in [2.05, 4.69) is 15.0 Å². The van der Waals surface area contributed by atoms with E-state index in [0.717, 1.165) is 17.5 Å². The molecule has 0 saturated carbocycles. The van der Waals surface area contributed by atoms with Gasteiger partial charge in [0.2, 0.25) is 5.91 Å². The number of hydrogen-bond donors (Lipinski definition) is 3. The molecule has 0 aliphatic heterocycles. The van der Waals surface area contributed by atoms with Crippen molar-refractivity contribution in [1.82, 2.24) is 19.5 Å². The summed E-state index contributed by atoms with van der Waals surface area (Å²) in [4.78, 5) is 49.0. The van der Waals surface area contributed by atoms with Gasteiger partial charge in [0.15, 0.2) is 10.8 Å². The number of carbonyl (C=O) groups is 1. The molecule has 0 fully saturated rings. The summed E-state index contributed by atoms with van der Waals surface area (Å²) in [6, 6.07) is 5.27. The van der Waals surface area contributed by atoms with Gasteiger partial charge in [-0.1, -0.05) is 36.7 Å². The summed E-state index contributed by atoms with van der Waals surface area (Å²) in [7, 11) is 1.49. The maximum atomic E-state index is 13.1. The minimum atomic E-state index is -0.715. The van der Waals surface area contributed by atoms with Crippen LogP contribution >= 0.6 is 23.4 Å². The molecule has 0 spiro atoms. The molecule has 172 valence electrons. The number of nitrogens with one attached hydrogen (secondary N) is 2. The van der Waals surface area contributed by atoms with Crippen LogP contribution < -0.4 is 21.9 Å². The Morgan fingerprint density at radius 1 is 1.34 bits per heavy atom. The second-order valence-corrected chi connectivity index (χ2v) is 8.43. The van der Waals surface area contributed by atoms with Gasteiger partial charge >= 0.3 is 5.69 Å². The molecule has 2 heterocycles. The van der Waals surface area contributed by atoms with E-state index in [1.165, 1.54) is 28.3 Å². The maximum Gasteiger partial charge on any atom is 0.330 e. The number of methoxy groups -OCH3 is 1. The van der Waals surface area contributed by atoms with Crippen molar-refractivity contribution < 1.29 is 9.53 Å². The van der Waals surface area contributed by atoms with Crippen molar-refractivity contribution in [3.63, 3.8) is 0 Å². The average Bonchev–Trinajstić information content (AvgIpc) is 3.16. The highest BCUT2D eigenvalue weighted by Crippen LogP contribution is 2.24. The number of ether oxygens (including phenoxy) is 1. The molecular formula is C20H25ClN6O4S. The van der Waals surface area contributed by atoms with Crippen molar-refractivity contribution in [2.45, 2.75) is 31.5 Å². The molecule has 3 aromatic rings. The summed E-state index contributed by atoms with van der Waals surface area (Å²) >= 11 is 7.19. The highest BCUT2D eigenvalue weighted by molar-refractivity contribution is 7.99. The minimum absolute atomic E-state index is 0.00969. The topological polar surface area (TPSA) is 139 Å². The van der Waals surface area contributed by atoms with Crippen LogP contribution in [0.5, 0.6) is 0 Å². The fourth-order valence-corrected chi connectivity index (χ4v) is 4.09. The molecule has 0 bridgehead atoms. The third-order valence-electron chi connectivity index (χ3n) is 4.79. The van der Waals surface area contributed by atoms with E-state index in [1.54, 1.807) is 18.2 Å². The number of hydrogen-bond acceptors (Lipinski definition) is 7. The first-order chi connectivity index (χ1) is 15.3. The van der Waals surface area contributed by atoms with Gasteiger partial charge in [-0.15, -0.1) is 0 Å². The highest BCUT2D eigenvalue weighted by atomic mass is 35.5. The number of rotatable bonds is 10. The Morgan fingerprint density at radius 2 is 2.12 bits per heavy atom. The summed E-state index contributed by atoms with van der Waals surface area (Å²) in [5, 5.41) is 1.12. The zero-order valence-corrected chi connectivity index (χ0v) is 19.4. The van der Waals surface area contributed by atoms with E-state index in [4.69, 9.17) is 22.1 Å². The first kappa shape index (κ1) is 23.9.